The second-order valence-electron chi connectivity index (χ2n) is 4.93. The standard InChI is InChI=1S/C13H17NOS/c1-14-5-4-13(16)8-10(14)6-9-2-3-11(15)7-12(9)13/h2-3,7,10,15-16H,4-6,8H2,1H3/t10-,13+/m0/s1/i8T/t8?,10-,13+. The molecule has 16 heavy (non-hydrogen) atoms. The predicted octanol–water partition coefficient (Wildman–Crippen LogP) is 2.17. The zero-order valence-corrected chi connectivity index (χ0v) is 10.2. The van der Waals surface area contributed by atoms with Gasteiger partial charge >= 0.3 is 0 Å². The van der Waals surface area contributed by atoms with E-state index in [1.807, 2.05) is 6.07 Å². The minimum atomic E-state index is -0.399. The van der Waals surface area contributed by atoms with E-state index in [9.17, 15) is 5.11 Å². The van der Waals surface area contributed by atoms with Gasteiger partial charge in [0.2, 0.25) is 0 Å². The van der Waals surface area contributed by atoms with Crippen LogP contribution in [0, 0.1) is 0 Å². The SMILES string of the molecule is [3H]C1[C@@H]2Cc3ccc(O)cc3[C@@]1(S)CCN2C. The van der Waals surface area contributed by atoms with Crippen molar-refractivity contribution in [1.29, 1.82) is 0 Å². The van der Waals surface area contributed by atoms with Crippen LogP contribution in [0.3, 0.4) is 0 Å². The van der Waals surface area contributed by atoms with E-state index in [2.05, 4.69) is 11.9 Å². The molecule has 2 bridgehead atoms. The van der Waals surface area contributed by atoms with Gasteiger partial charge in [-0.25, -0.2) is 0 Å². The third kappa shape index (κ3) is 1.45. The first-order chi connectivity index (χ1) is 8.02. The van der Waals surface area contributed by atoms with Crippen LogP contribution in [0.25, 0.3) is 0 Å². The van der Waals surface area contributed by atoms with E-state index in [1.54, 1.807) is 12.1 Å². The van der Waals surface area contributed by atoms with Crippen molar-refractivity contribution in [3.8, 4) is 5.75 Å². The van der Waals surface area contributed by atoms with Gasteiger partial charge in [-0.2, -0.15) is 12.6 Å². The molecule has 3 heteroatoms. The number of benzene rings is 1. The Bertz CT molecular complexity index is 467. The van der Waals surface area contributed by atoms with Crippen LogP contribution in [-0.2, 0) is 11.2 Å². The Hall–Kier alpha value is -0.670. The van der Waals surface area contributed by atoms with Gasteiger partial charge < -0.3 is 10.0 Å². The van der Waals surface area contributed by atoms with Gasteiger partial charge in [-0.15, -0.1) is 0 Å². The van der Waals surface area contributed by atoms with Crippen molar-refractivity contribution in [2.75, 3.05) is 13.6 Å². The fourth-order valence-electron chi connectivity index (χ4n) is 2.85. The third-order valence-corrected chi connectivity index (χ3v) is 4.48. The predicted molar refractivity (Wildman–Crippen MR) is 68.1 cm³/mol. The highest BCUT2D eigenvalue weighted by Crippen LogP contribution is 2.47. The Labute approximate surface area is 103 Å². The van der Waals surface area contributed by atoms with E-state index in [-0.39, 0.29) is 18.2 Å². The number of likely N-dealkylation sites (N-methyl/N-ethyl adjacent to an activating group) is 1. The van der Waals surface area contributed by atoms with E-state index < -0.39 is 4.75 Å². The van der Waals surface area contributed by atoms with Gasteiger partial charge in [0.05, 0.1) is 0 Å². The average Bonchev–Trinajstić information content (AvgIpc) is 2.30. The molecule has 2 aliphatic rings. The molecule has 1 heterocycles. The normalized spacial score (nSPS) is 39.0. The minimum Gasteiger partial charge on any atom is -0.508 e. The van der Waals surface area contributed by atoms with Crippen LogP contribution in [0.4, 0.5) is 0 Å². The highest BCUT2D eigenvalue weighted by Gasteiger charge is 2.42. The molecular weight excluding hydrogens is 218 g/mol. The molecule has 1 unspecified atom stereocenters. The maximum absolute atomic E-state index is 9.63. The molecule has 0 saturated carbocycles. The van der Waals surface area contributed by atoms with E-state index in [0.29, 0.717) is 0 Å². The number of phenols is 1. The third-order valence-electron chi connectivity index (χ3n) is 3.87. The molecule has 1 N–H and O–H groups in total. The summed E-state index contributed by atoms with van der Waals surface area (Å²) in [5.74, 6) is 0.279. The van der Waals surface area contributed by atoms with Crippen LogP contribution in [0.5, 0.6) is 5.75 Å². The summed E-state index contributed by atoms with van der Waals surface area (Å²) in [6.45, 7) is 0.971. The summed E-state index contributed by atoms with van der Waals surface area (Å²) in [6, 6.07) is 5.76. The first kappa shape index (κ1) is 9.37. The van der Waals surface area contributed by atoms with Gasteiger partial charge in [-0.05, 0) is 56.1 Å². The summed E-state index contributed by atoms with van der Waals surface area (Å²) >= 11 is 4.80. The minimum absolute atomic E-state index is 0.223. The number of thiol groups is 1. The molecule has 86 valence electrons. The lowest BCUT2D eigenvalue weighted by Gasteiger charge is -2.48. The highest BCUT2D eigenvalue weighted by molar-refractivity contribution is 7.81. The van der Waals surface area contributed by atoms with E-state index in [4.69, 9.17) is 14.0 Å². The number of aromatic hydroxyl groups is 1. The molecule has 1 aromatic carbocycles. The number of likely N-dealkylation sites (tertiary alicyclic amines) is 1. The van der Waals surface area contributed by atoms with Crippen LogP contribution >= 0.6 is 12.6 Å². The lowest BCUT2D eigenvalue weighted by atomic mass is 9.74. The van der Waals surface area contributed by atoms with Crippen LogP contribution in [0.2, 0.25) is 0 Å². The summed E-state index contributed by atoms with van der Waals surface area (Å²) in [5.41, 5.74) is 2.29. The van der Waals surface area contributed by atoms with Gasteiger partial charge in [-0.1, -0.05) is 6.07 Å². The molecule has 0 aromatic heterocycles. The molecule has 2 nitrogen and oxygen atoms in total. The summed E-state index contributed by atoms with van der Waals surface area (Å²) in [7, 11) is 2.09. The molecule has 1 aliphatic heterocycles. The Balaban J connectivity index is 2.16. The molecular formula is C13H17NOS. The lowest BCUT2D eigenvalue weighted by Crippen LogP contribution is -2.49. The van der Waals surface area contributed by atoms with E-state index in [1.165, 1.54) is 5.56 Å². The van der Waals surface area contributed by atoms with Crippen molar-refractivity contribution in [3.63, 3.8) is 0 Å². The first-order valence-electron chi connectivity index (χ1n) is 6.27. The quantitative estimate of drug-likeness (QED) is 0.676. The number of rotatable bonds is 0. The number of nitrogens with zero attached hydrogens (tertiary/aromatic N) is 1. The monoisotopic (exact) mass is 237 g/mol. The molecule has 0 spiro atoms. The topological polar surface area (TPSA) is 23.5 Å². The van der Waals surface area contributed by atoms with Crippen molar-refractivity contribution in [3.05, 3.63) is 29.3 Å². The molecule has 0 amide bonds. The molecule has 1 aliphatic carbocycles. The van der Waals surface area contributed by atoms with Crippen molar-refractivity contribution < 1.29 is 6.48 Å². The summed E-state index contributed by atoms with van der Waals surface area (Å²) in [6.07, 6.45) is 1.54. The molecule has 1 saturated heterocycles. The zero-order chi connectivity index (χ0) is 12.2. The van der Waals surface area contributed by atoms with Crippen LogP contribution < -0.4 is 0 Å². The second-order valence-corrected chi connectivity index (χ2v) is 5.73. The van der Waals surface area contributed by atoms with Gasteiger partial charge in [0.25, 0.3) is 0 Å². The Morgan fingerprint density at radius 2 is 2.44 bits per heavy atom. The largest absolute Gasteiger partial charge is 0.508 e. The number of hydrogen-bond acceptors (Lipinski definition) is 3. The average molecular weight is 237 g/mol. The highest BCUT2D eigenvalue weighted by atomic mass is 32.1. The van der Waals surface area contributed by atoms with Crippen LogP contribution in [0.1, 0.15) is 25.3 Å². The Morgan fingerprint density at radius 3 is 3.25 bits per heavy atom. The van der Waals surface area contributed by atoms with Crippen molar-refractivity contribution in [1.82, 2.24) is 4.90 Å². The molecule has 1 aromatic rings. The summed E-state index contributed by atoms with van der Waals surface area (Å²) < 4.78 is 8.02. The van der Waals surface area contributed by atoms with Gasteiger partial charge in [0, 0.05) is 12.2 Å². The summed E-state index contributed by atoms with van der Waals surface area (Å²) in [5, 5.41) is 9.63. The van der Waals surface area contributed by atoms with Crippen LogP contribution in [-0.4, -0.2) is 29.6 Å². The van der Waals surface area contributed by atoms with Gasteiger partial charge in [-0.3, -0.25) is 0 Å². The Kier molecular flexibility index (Phi) is 2.00. The van der Waals surface area contributed by atoms with Crippen LogP contribution in [0.15, 0.2) is 18.2 Å². The molecule has 3 rings (SSSR count). The number of hydrogen-bond donors (Lipinski definition) is 2. The fourth-order valence-corrected chi connectivity index (χ4v) is 3.33. The number of phenolic OH excluding ortho intramolecular Hbond substituents is 1. The molecule has 3 atom stereocenters. The second kappa shape index (κ2) is 3.41. The van der Waals surface area contributed by atoms with E-state index in [0.717, 1.165) is 24.9 Å². The maximum Gasteiger partial charge on any atom is 0.115 e. The van der Waals surface area contributed by atoms with Gasteiger partial charge in [0.15, 0.2) is 0 Å². The summed E-state index contributed by atoms with van der Waals surface area (Å²) in [4.78, 5) is 2.27. The van der Waals surface area contributed by atoms with Crippen molar-refractivity contribution in [2.24, 2.45) is 0 Å². The fraction of sp³-hybridized carbons (Fsp3) is 0.538. The first-order valence-corrected chi connectivity index (χ1v) is 6.14. The van der Waals surface area contributed by atoms with Gasteiger partial charge in [0.1, 0.15) is 5.75 Å². The molecule has 1 fully saturated rings. The maximum atomic E-state index is 9.63. The number of fused-ring (bicyclic) bond motifs is 4. The van der Waals surface area contributed by atoms with Crippen molar-refractivity contribution in [2.45, 2.75) is 30.0 Å². The number of piperidine rings is 1. The lowest BCUT2D eigenvalue weighted by molar-refractivity contribution is 0.145. The Morgan fingerprint density at radius 1 is 1.62 bits per heavy atom. The van der Waals surface area contributed by atoms with Crippen molar-refractivity contribution >= 4 is 12.6 Å². The smallest absolute Gasteiger partial charge is 0.115 e. The molecule has 0 radical (unpaired) electrons. The zero-order valence-electron chi connectivity index (χ0n) is 10.3. The van der Waals surface area contributed by atoms with E-state index >= 15 is 0 Å².